The van der Waals surface area contributed by atoms with Crippen LogP contribution in [0.4, 0.5) is 10.1 Å². The molecular formula is C21H14ClFN4O4. The molecule has 2 N–H and O–H groups in total. The molecule has 0 amide bonds. The molecule has 2 aromatic carbocycles. The molecule has 0 atom stereocenters. The Balaban J connectivity index is 1.81. The molecule has 0 fully saturated rings. The van der Waals surface area contributed by atoms with E-state index in [1.807, 2.05) is 29.2 Å². The molecule has 2 aromatic heterocycles. The van der Waals surface area contributed by atoms with Gasteiger partial charge in [0.15, 0.2) is 0 Å². The van der Waals surface area contributed by atoms with Gasteiger partial charge in [0.25, 0.3) is 0 Å². The van der Waals surface area contributed by atoms with Crippen molar-refractivity contribution in [1.29, 1.82) is 0 Å². The number of rotatable bonds is 5. The number of aromatic nitrogens is 3. The standard InChI is InChI=1S/C21H14ClFN4O4/c22-15-5-3-6-16(23)14(15)11-26-10-12(13-4-1-2-7-18(13)26)8-9-17-19(27(30)31)20(28)25-21(29)24-17/h1-10H,11H2,(H2,24,25,28,29). The minimum Gasteiger partial charge on any atom is -0.342 e. The first-order chi connectivity index (χ1) is 14.8. The molecule has 10 heteroatoms. The van der Waals surface area contributed by atoms with Gasteiger partial charge in [-0.1, -0.05) is 41.9 Å². The van der Waals surface area contributed by atoms with E-state index in [4.69, 9.17) is 11.6 Å². The average molecular weight is 441 g/mol. The highest BCUT2D eigenvalue weighted by Gasteiger charge is 2.19. The molecule has 0 spiro atoms. The Morgan fingerprint density at radius 3 is 2.61 bits per heavy atom. The molecule has 0 aliphatic carbocycles. The van der Waals surface area contributed by atoms with Crippen molar-refractivity contribution in [3.8, 4) is 0 Å². The lowest BCUT2D eigenvalue weighted by molar-refractivity contribution is -0.386. The average Bonchev–Trinajstić information content (AvgIpc) is 3.06. The largest absolute Gasteiger partial charge is 0.357 e. The van der Waals surface area contributed by atoms with E-state index >= 15 is 0 Å². The smallest absolute Gasteiger partial charge is 0.342 e. The van der Waals surface area contributed by atoms with E-state index in [1.165, 1.54) is 18.2 Å². The Morgan fingerprint density at radius 1 is 1.10 bits per heavy atom. The third-order valence-corrected chi connectivity index (χ3v) is 5.12. The number of aromatic amines is 2. The predicted octanol–water partition coefficient (Wildman–Crippen LogP) is 3.94. The van der Waals surface area contributed by atoms with Crippen LogP contribution in [0.3, 0.4) is 0 Å². The van der Waals surface area contributed by atoms with Crippen LogP contribution in [0.25, 0.3) is 23.1 Å². The maximum absolute atomic E-state index is 14.3. The van der Waals surface area contributed by atoms with Crippen LogP contribution in [-0.2, 0) is 6.54 Å². The summed E-state index contributed by atoms with van der Waals surface area (Å²) in [5, 5.41) is 12.3. The van der Waals surface area contributed by atoms with Crippen molar-refractivity contribution < 1.29 is 9.31 Å². The molecule has 0 saturated carbocycles. The van der Waals surface area contributed by atoms with E-state index in [0.717, 1.165) is 10.9 Å². The van der Waals surface area contributed by atoms with Crippen LogP contribution < -0.4 is 11.2 Å². The Hall–Kier alpha value is -3.98. The van der Waals surface area contributed by atoms with E-state index in [-0.39, 0.29) is 12.2 Å². The molecule has 156 valence electrons. The van der Waals surface area contributed by atoms with Gasteiger partial charge in [0.1, 0.15) is 11.5 Å². The van der Waals surface area contributed by atoms with Gasteiger partial charge in [-0.05, 0) is 24.3 Å². The first-order valence-electron chi connectivity index (χ1n) is 9.05. The number of halogens is 2. The number of H-pyrrole nitrogens is 2. The quantitative estimate of drug-likeness (QED) is 0.361. The first-order valence-corrected chi connectivity index (χ1v) is 9.43. The zero-order valence-corrected chi connectivity index (χ0v) is 16.5. The van der Waals surface area contributed by atoms with E-state index in [0.29, 0.717) is 16.1 Å². The molecule has 4 aromatic rings. The Morgan fingerprint density at radius 2 is 1.87 bits per heavy atom. The summed E-state index contributed by atoms with van der Waals surface area (Å²) in [6.45, 7) is 0.168. The minimum atomic E-state index is -1.09. The SMILES string of the molecule is O=c1[nH]c(C=Cc2cn(Cc3c(F)cccc3Cl)c3ccccc23)c([N+](=O)[O-])c(=O)[nH]1. The predicted molar refractivity (Wildman–Crippen MR) is 116 cm³/mol. The molecule has 0 aliphatic heterocycles. The fourth-order valence-electron chi connectivity index (χ4n) is 3.36. The number of nitro groups is 1. The summed E-state index contributed by atoms with van der Waals surface area (Å²) in [5.41, 5.74) is -1.17. The van der Waals surface area contributed by atoms with Gasteiger partial charge in [-0.3, -0.25) is 19.9 Å². The number of nitrogens with one attached hydrogen (secondary N) is 2. The summed E-state index contributed by atoms with van der Waals surface area (Å²) in [6, 6.07) is 11.8. The second-order valence-corrected chi connectivity index (χ2v) is 7.10. The number of hydrogen-bond acceptors (Lipinski definition) is 4. The molecule has 0 saturated heterocycles. The van der Waals surface area contributed by atoms with Gasteiger partial charge in [0.05, 0.1) is 11.5 Å². The summed E-state index contributed by atoms with van der Waals surface area (Å²) in [6.07, 6.45) is 4.57. The van der Waals surface area contributed by atoms with E-state index in [9.17, 15) is 24.1 Å². The van der Waals surface area contributed by atoms with Crippen LogP contribution >= 0.6 is 11.6 Å². The summed E-state index contributed by atoms with van der Waals surface area (Å²) in [5.74, 6) is -0.431. The summed E-state index contributed by atoms with van der Waals surface area (Å²) >= 11 is 6.16. The number of nitrogens with zero attached hydrogens (tertiary/aromatic N) is 2. The molecule has 0 bridgehead atoms. The second-order valence-electron chi connectivity index (χ2n) is 6.69. The van der Waals surface area contributed by atoms with Gasteiger partial charge < -0.3 is 9.55 Å². The lowest BCUT2D eigenvalue weighted by atomic mass is 10.1. The normalized spacial score (nSPS) is 11.4. The summed E-state index contributed by atoms with van der Waals surface area (Å²) < 4.78 is 16.1. The lowest BCUT2D eigenvalue weighted by Crippen LogP contribution is -2.25. The number of hydrogen-bond donors (Lipinski definition) is 2. The van der Waals surface area contributed by atoms with Crippen molar-refractivity contribution in [2.75, 3.05) is 0 Å². The van der Waals surface area contributed by atoms with Crippen LogP contribution in [0.2, 0.25) is 5.02 Å². The van der Waals surface area contributed by atoms with E-state index < -0.39 is 27.7 Å². The van der Waals surface area contributed by atoms with Crippen molar-refractivity contribution >= 4 is 40.3 Å². The van der Waals surface area contributed by atoms with Gasteiger partial charge in [-0.25, -0.2) is 9.18 Å². The number of para-hydroxylation sites is 1. The maximum Gasteiger partial charge on any atom is 0.357 e. The van der Waals surface area contributed by atoms with E-state index in [2.05, 4.69) is 4.98 Å². The van der Waals surface area contributed by atoms with Crippen molar-refractivity contribution in [2.24, 2.45) is 0 Å². The molecular weight excluding hydrogens is 427 g/mol. The van der Waals surface area contributed by atoms with Crippen LogP contribution in [0.15, 0.2) is 58.3 Å². The highest BCUT2D eigenvalue weighted by Crippen LogP contribution is 2.27. The van der Waals surface area contributed by atoms with Crippen LogP contribution in [-0.4, -0.2) is 19.5 Å². The van der Waals surface area contributed by atoms with Crippen molar-refractivity contribution in [3.63, 3.8) is 0 Å². The first kappa shape index (κ1) is 20.3. The Kier molecular flexibility index (Phi) is 5.26. The fraction of sp³-hybridized carbons (Fsp3) is 0.0476. The molecule has 0 unspecified atom stereocenters. The van der Waals surface area contributed by atoms with Crippen LogP contribution in [0.5, 0.6) is 0 Å². The van der Waals surface area contributed by atoms with Gasteiger partial charge in [-0.15, -0.1) is 0 Å². The monoisotopic (exact) mass is 440 g/mol. The van der Waals surface area contributed by atoms with Crippen LogP contribution in [0, 0.1) is 15.9 Å². The minimum absolute atomic E-state index is 0.168. The molecule has 31 heavy (non-hydrogen) atoms. The number of benzene rings is 2. The van der Waals surface area contributed by atoms with E-state index in [1.54, 1.807) is 22.9 Å². The molecule has 2 heterocycles. The second kappa shape index (κ2) is 8.04. The highest BCUT2D eigenvalue weighted by molar-refractivity contribution is 6.31. The lowest BCUT2D eigenvalue weighted by Gasteiger charge is -2.08. The molecule has 0 aliphatic rings. The zero-order valence-electron chi connectivity index (χ0n) is 15.8. The third kappa shape index (κ3) is 3.90. The van der Waals surface area contributed by atoms with Gasteiger partial charge in [0, 0.05) is 33.2 Å². The van der Waals surface area contributed by atoms with Gasteiger partial charge >= 0.3 is 16.9 Å². The molecule has 8 nitrogen and oxygen atoms in total. The summed E-state index contributed by atoms with van der Waals surface area (Å²) in [4.78, 5) is 37.8. The van der Waals surface area contributed by atoms with Gasteiger partial charge in [0.2, 0.25) is 0 Å². The number of fused-ring (bicyclic) bond motifs is 1. The van der Waals surface area contributed by atoms with Crippen molar-refractivity contribution in [1.82, 2.24) is 14.5 Å². The third-order valence-electron chi connectivity index (χ3n) is 4.77. The van der Waals surface area contributed by atoms with Crippen LogP contribution in [0.1, 0.15) is 16.8 Å². The fourth-order valence-corrected chi connectivity index (χ4v) is 3.59. The van der Waals surface area contributed by atoms with Crippen molar-refractivity contribution in [3.05, 3.63) is 107 Å². The van der Waals surface area contributed by atoms with Crippen molar-refractivity contribution in [2.45, 2.75) is 6.54 Å². The Bertz CT molecular complexity index is 1450. The highest BCUT2D eigenvalue weighted by atomic mass is 35.5. The Labute approximate surface area is 178 Å². The molecule has 4 rings (SSSR count). The molecule has 0 radical (unpaired) electrons. The maximum atomic E-state index is 14.3. The topological polar surface area (TPSA) is 114 Å². The summed E-state index contributed by atoms with van der Waals surface area (Å²) in [7, 11) is 0. The zero-order chi connectivity index (χ0) is 22.1. The van der Waals surface area contributed by atoms with Gasteiger partial charge in [-0.2, -0.15) is 0 Å².